The number of amides is 3. The zero-order chi connectivity index (χ0) is 26.7. The summed E-state index contributed by atoms with van der Waals surface area (Å²) in [4.78, 5) is 28.8. The highest BCUT2D eigenvalue weighted by atomic mass is 35.5. The van der Waals surface area contributed by atoms with E-state index in [1.54, 1.807) is 12.1 Å². The second-order valence-electron chi connectivity index (χ2n) is 7.51. The summed E-state index contributed by atoms with van der Waals surface area (Å²) in [5.74, 6) is -2.25. The van der Waals surface area contributed by atoms with Gasteiger partial charge < -0.3 is 14.6 Å². The number of hydrogen-bond donors (Lipinski definition) is 3. The minimum absolute atomic E-state index is 0.0834. The average Bonchev–Trinajstić information content (AvgIpc) is 3.51. The van der Waals surface area contributed by atoms with Crippen LogP contribution in [-0.2, 0) is 0 Å². The van der Waals surface area contributed by atoms with Crippen molar-refractivity contribution in [1.29, 1.82) is 0 Å². The van der Waals surface area contributed by atoms with Crippen LogP contribution in [0.25, 0.3) is 21.6 Å². The van der Waals surface area contributed by atoms with Crippen LogP contribution in [0.5, 0.6) is 5.88 Å². The number of thiophene rings is 1. The molecular formula is C23H17Cl2F2N5O4S. The molecule has 0 unspecified atom stereocenters. The Hall–Kier alpha value is -3.74. The summed E-state index contributed by atoms with van der Waals surface area (Å²) in [6, 6.07) is 6.60. The number of benzene rings is 1. The maximum atomic E-state index is 15.1. The molecule has 0 radical (unpaired) electrons. The van der Waals surface area contributed by atoms with Crippen LogP contribution < -0.4 is 20.9 Å². The lowest BCUT2D eigenvalue weighted by Crippen LogP contribution is -2.47. The molecule has 3 N–H and O–H groups in total. The van der Waals surface area contributed by atoms with Crippen molar-refractivity contribution in [3.63, 3.8) is 0 Å². The highest BCUT2D eigenvalue weighted by Gasteiger charge is 2.21. The standard InChI is InChI=1S/C23H17Cl2F2N5O4S/c1-10(29-23(34)31-30-22(33)16-8-19(35-2)32-36-16)21-15(27)5-11(9-28-21)13-6-12(24)7-14(26)20(13)17-3-4-18(25)37-17/h3-10H,1-2H3,(H,30,33)(H2,29,31,34)/t10-/m1/s1. The van der Waals surface area contributed by atoms with Gasteiger partial charge in [0, 0.05) is 27.2 Å². The van der Waals surface area contributed by atoms with E-state index in [1.165, 1.54) is 38.4 Å². The van der Waals surface area contributed by atoms with Crippen LogP contribution in [0, 0.1) is 11.6 Å². The molecule has 37 heavy (non-hydrogen) atoms. The first-order valence-corrected chi connectivity index (χ1v) is 12.0. The Labute approximate surface area is 222 Å². The molecule has 1 aromatic carbocycles. The van der Waals surface area contributed by atoms with Crippen molar-refractivity contribution in [2.75, 3.05) is 7.11 Å². The lowest BCUT2D eigenvalue weighted by atomic mass is 9.98. The van der Waals surface area contributed by atoms with Crippen LogP contribution in [0.2, 0.25) is 9.36 Å². The third kappa shape index (κ3) is 5.98. The first-order valence-electron chi connectivity index (χ1n) is 10.4. The number of urea groups is 1. The molecule has 0 bridgehead atoms. The zero-order valence-corrected chi connectivity index (χ0v) is 21.4. The van der Waals surface area contributed by atoms with E-state index in [1.807, 2.05) is 0 Å². The molecule has 9 nitrogen and oxygen atoms in total. The van der Waals surface area contributed by atoms with Gasteiger partial charge in [-0.1, -0.05) is 23.2 Å². The largest absolute Gasteiger partial charge is 0.479 e. The predicted molar refractivity (Wildman–Crippen MR) is 134 cm³/mol. The number of carbonyl (C=O) groups is 2. The number of rotatable bonds is 6. The Balaban J connectivity index is 1.48. The van der Waals surface area contributed by atoms with Gasteiger partial charge in [-0.2, -0.15) is 0 Å². The lowest BCUT2D eigenvalue weighted by Gasteiger charge is -2.16. The summed E-state index contributed by atoms with van der Waals surface area (Å²) in [6.07, 6.45) is 1.34. The van der Waals surface area contributed by atoms with Crippen molar-refractivity contribution in [1.82, 2.24) is 26.3 Å². The van der Waals surface area contributed by atoms with Gasteiger partial charge in [-0.05, 0) is 48.0 Å². The van der Waals surface area contributed by atoms with E-state index < -0.39 is 29.6 Å². The Bertz CT molecular complexity index is 1480. The fourth-order valence-corrected chi connectivity index (χ4v) is 4.66. The Morgan fingerprint density at radius 3 is 2.54 bits per heavy atom. The molecule has 0 aliphatic heterocycles. The first-order chi connectivity index (χ1) is 17.7. The Kier molecular flexibility index (Phi) is 7.91. The molecule has 192 valence electrons. The molecule has 3 aromatic heterocycles. The van der Waals surface area contributed by atoms with Crippen molar-refractivity contribution in [2.45, 2.75) is 13.0 Å². The zero-order valence-electron chi connectivity index (χ0n) is 19.1. The lowest BCUT2D eigenvalue weighted by molar-refractivity contribution is 0.0898. The van der Waals surface area contributed by atoms with Gasteiger partial charge in [-0.25, -0.2) is 19.0 Å². The van der Waals surface area contributed by atoms with Crippen molar-refractivity contribution in [3.05, 3.63) is 75.0 Å². The average molecular weight is 568 g/mol. The summed E-state index contributed by atoms with van der Waals surface area (Å²) in [5.41, 5.74) is 4.94. The predicted octanol–water partition coefficient (Wildman–Crippen LogP) is 5.76. The van der Waals surface area contributed by atoms with Gasteiger partial charge in [-0.3, -0.25) is 15.2 Å². The highest BCUT2D eigenvalue weighted by Crippen LogP contribution is 2.41. The maximum absolute atomic E-state index is 15.1. The second-order valence-corrected chi connectivity index (χ2v) is 9.66. The monoisotopic (exact) mass is 567 g/mol. The molecule has 0 aliphatic carbocycles. The summed E-state index contributed by atoms with van der Waals surface area (Å²) in [7, 11) is 1.35. The van der Waals surface area contributed by atoms with Crippen LogP contribution in [0.15, 0.2) is 47.1 Å². The number of nitrogens with zero attached hydrogens (tertiary/aromatic N) is 2. The van der Waals surface area contributed by atoms with Gasteiger partial charge in [-0.15, -0.1) is 11.3 Å². The molecule has 14 heteroatoms. The number of hydrogen-bond acceptors (Lipinski definition) is 7. The quantitative estimate of drug-likeness (QED) is 0.255. The van der Waals surface area contributed by atoms with E-state index in [4.69, 9.17) is 32.5 Å². The Morgan fingerprint density at radius 1 is 1.11 bits per heavy atom. The summed E-state index contributed by atoms with van der Waals surface area (Å²) in [5, 5.41) is 6.04. The molecule has 3 amide bonds. The van der Waals surface area contributed by atoms with Crippen LogP contribution in [0.4, 0.5) is 13.6 Å². The number of halogens is 4. The van der Waals surface area contributed by atoms with Crippen LogP contribution in [-0.4, -0.2) is 29.2 Å². The number of aromatic nitrogens is 2. The van der Waals surface area contributed by atoms with E-state index in [0.29, 0.717) is 14.8 Å². The van der Waals surface area contributed by atoms with Crippen molar-refractivity contribution in [2.24, 2.45) is 0 Å². The molecule has 0 saturated carbocycles. The second kappa shape index (κ2) is 11.1. The van der Waals surface area contributed by atoms with Gasteiger partial charge in [0.2, 0.25) is 5.76 Å². The number of nitrogens with one attached hydrogen (secondary N) is 3. The van der Waals surface area contributed by atoms with Gasteiger partial charge in [0.1, 0.15) is 11.6 Å². The van der Waals surface area contributed by atoms with Crippen molar-refractivity contribution in [3.8, 4) is 27.4 Å². The van der Waals surface area contributed by atoms with Gasteiger partial charge >= 0.3 is 11.9 Å². The number of methoxy groups -OCH3 is 1. The van der Waals surface area contributed by atoms with E-state index in [9.17, 15) is 14.0 Å². The molecule has 4 rings (SSSR count). The third-order valence-corrected chi connectivity index (χ3v) is 6.49. The van der Waals surface area contributed by atoms with E-state index in [-0.39, 0.29) is 33.5 Å². The number of ether oxygens (including phenoxy) is 1. The summed E-state index contributed by atoms with van der Waals surface area (Å²) in [6.45, 7) is 1.49. The van der Waals surface area contributed by atoms with E-state index in [2.05, 4.69) is 26.3 Å². The van der Waals surface area contributed by atoms with Crippen molar-refractivity contribution < 1.29 is 27.6 Å². The number of carbonyl (C=O) groups excluding carboxylic acids is 2. The molecule has 0 aliphatic rings. The molecule has 0 saturated heterocycles. The van der Waals surface area contributed by atoms with Gasteiger partial charge in [0.15, 0.2) is 0 Å². The molecule has 0 spiro atoms. The minimum Gasteiger partial charge on any atom is -0.479 e. The summed E-state index contributed by atoms with van der Waals surface area (Å²) < 4.78 is 40.0. The maximum Gasteiger partial charge on any atom is 0.334 e. The molecule has 4 aromatic rings. The van der Waals surface area contributed by atoms with Crippen LogP contribution >= 0.6 is 34.5 Å². The Morgan fingerprint density at radius 2 is 1.89 bits per heavy atom. The highest BCUT2D eigenvalue weighted by molar-refractivity contribution is 7.19. The fraction of sp³-hybridized carbons (Fsp3) is 0.130. The van der Waals surface area contributed by atoms with Crippen LogP contribution in [0.1, 0.15) is 29.2 Å². The topological polar surface area (TPSA) is 118 Å². The first kappa shape index (κ1) is 26.3. The van der Waals surface area contributed by atoms with Crippen LogP contribution in [0.3, 0.4) is 0 Å². The SMILES string of the molecule is COc1cc(C(=O)NNC(=O)N[C@H](C)c2ncc(-c3cc(Cl)cc(F)c3-c3ccc(Cl)s3)cc2F)on1. The van der Waals surface area contributed by atoms with E-state index in [0.717, 1.165) is 17.4 Å². The molecular weight excluding hydrogens is 551 g/mol. The minimum atomic E-state index is -0.900. The number of pyridine rings is 1. The summed E-state index contributed by atoms with van der Waals surface area (Å²) >= 11 is 13.2. The smallest absolute Gasteiger partial charge is 0.334 e. The normalized spacial score (nSPS) is 11.6. The molecule has 1 atom stereocenters. The molecule has 3 heterocycles. The van der Waals surface area contributed by atoms with Gasteiger partial charge in [0.25, 0.3) is 5.88 Å². The van der Waals surface area contributed by atoms with E-state index >= 15 is 4.39 Å². The third-order valence-electron chi connectivity index (χ3n) is 5.02. The molecule has 0 fully saturated rings. The fourth-order valence-electron chi connectivity index (χ4n) is 3.35. The number of hydrazine groups is 1. The van der Waals surface area contributed by atoms with Crippen molar-refractivity contribution >= 4 is 46.5 Å². The van der Waals surface area contributed by atoms with Gasteiger partial charge in [0.05, 0.1) is 29.2 Å².